The van der Waals surface area contributed by atoms with E-state index in [4.69, 9.17) is 5.73 Å². The molecule has 2 N–H and O–H groups in total. The van der Waals surface area contributed by atoms with E-state index in [2.05, 4.69) is 11.4 Å². The van der Waals surface area contributed by atoms with Crippen LogP contribution in [0.3, 0.4) is 0 Å². The lowest BCUT2D eigenvalue weighted by Crippen LogP contribution is -2.15. The van der Waals surface area contributed by atoms with Crippen molar-refractivity contribution in [3.63, 3.8) is 0 Å². The van der Waals surface area contributed by atoms with Crippen LogP contribution in [0.5, 0.6) is 0 Å². The van der Waals surface area contributed by atoms with Crippen LogP contribution >= 0.6 is 11.3 Å². The van der Waals surface area contributed by atoms with Crippen molar-refractivity contribution in [1.29, 1.82) is 0 Å². The number of hydrogen-bond donors (Lipinski definition) is 1. The zero-order chi connectivity index (χ0) is 15.0. The summed E-state index contributed by atoms with van der Waals surface area (Å²) in [6.07, 6.45) is 0.534. The fraction of sp³-hybridized carbons (Fsp3) is 0.176. The molecule has 0 aliphatic carbocycles. The van der Waals surface area contributed by atoms with Crippen LogP contribution in [0, 0.1) is 18.6 Å². The van der Waals surface area contributed by atoms with Crippen molar-refractivity contribution in [1.82, 2.24) is 0 Å². The molecule has 1 heterocycles. The Morgan fingerprint density at radius 1 is 1.14 bits per heavy atom. The normalized spacial score (nSPS) is 12.8. The fourth-order valence-electron chi connectivity index (χ4n) is 2.50. The van der Waals surface area contributed by atoms with Crippen LogP contribution in [0.1, 0.15) is 22.7 Å². The Bertz CT molecular complexity index is 795. The third kappa shape index (κ3) is 2.69. The van der Waals surface area contributed by atoms with E-state index in [0.717, 1.165) is 17.0 Å². The van der Waals surface area contributed by atoms with Gasteiger partial charge in [-0.25, -0.2) is 8.78 Å². The van der Waals surface area contributed by atoms with Crippen LogP contribution < -0.4 is 5.73 Å². The van der Waals surface area contributed by atoms with Gasteiger partial charge in [0.2, 0.25) is 0 Å². The molecule has 0 saturated carbocycles. The summed E-state index contributed by atoms with van der Waals surface area (Å²) in [5, 5.41) is 3.20. The molecule has 4 heteroatoms. The third-order valence-electron chi connectivity index (χ3n) is 3.68. The topological polar surface area (TPSA) is 26.0 Å². The minimum Gasteiger partial charge on any atom is -0.324 e. The highest BCUT2D eigenvalue weighted by Gasteiger charge is 2.16. The highest BCUT2D eigenvalue weighted by molar-refractivity contribution is 7.17. The molecule has 0 bridgehead atoms. The molecule has 0 amide bonds. The molecule has 3 aromatic rings. The average Bonchev–Trinajstić information content (AvgIpc) is 2.86. The van der Waals surface area contributed by atoms with Crippen LogP contribution in [-0.4, -0.2) is 0 Å². The summed E-state index contributed by atoms with van der Waals surface area (Å²) in [6.45, 7) is 1.62. The van der Waals surface area contributed by atoms with Crippen molar-refractivity contribution in [2.75, 3.05) is 0 Å². The van der Waals surface area contributed by atoms with Crippen LogP contribution in [-0.2, 0) is 6.42 Å². The molecule has 1 unspecified atom stereocenters. The van der Waals surface area contributed by atoms with Gasteiger partial charge in [0, 0.05) is 22.4 Å². The molecule has 0 radical (unpaired) electrons. The van der Waals surface area contributed by atoms with Crippen molar-refractivity contribution in [2.24, 2.45) is 5.73 Å². The van der Waals surface area contributed by atoms with Gasteiger partial charge in [0.1, 0.15) is 11.6 Å². The largest absolute Gasteiger partial charge is 0.324 e. The van der Waals surface area contributed by atoms with E-state index in [1.54, 1.807) is 18.3 Å². The molecule has 21 heavy (non-hydrogen) atoms. The van der Waals surface area contributed by atoms with E-state index in [1.165, 1.54) is 10.8 Å². The van der Waals surface area contributed by atoms with Gasteiger partial charge >= 0.3 is 0 Å². The standard InChI is InChI=1S/C17H15F2NS/c1-10-6-13(15(19)8-14(10)18)16(20)7-11-9-21-17-5-3-2-4-12(11)17/h2-6,8-9,16H,7,20H2,1H3. The number of hydrogen-bond acceptors (Lipinski definition) is 2. The monoisotopic (exact) mass is 303 g/mol. The zero-order valence-corrected chi connectivity index (χ0v) is 12.4. The van der Waals surface area contributed by atoms with Crippen molar-refractivity contribution in [3.8, 4) is 0 Å². The van der Waals surface area contributed by atoms with Gasteiger partial charge in [-0.2, -0.15) is 0 Å². The second kappa shape index (κ2) is 5.54. The first-order valence-corrected chi connectivity index (χ1v) is 7.60. The minimum absolute atomic E-state index is 0.365. The van der Waals surface area contributed by atoms with Crippen molar-refractivity contribution in [2.45, 2.75) is 19.4 Å². The lowest BCUT2D eigenvalue weighted by atomic mass is 9.97. The van der Waals surface area contributed by atoms with E-state index < -0.39 is 17.7 Å². The van der Waals surface area contributed by atoms with Gasteiger partial charge in [0.05, 0.1) is 0 Å². The number of benzene rings is 2. The molecule has 0 aliphatic heterocycles. The van der Waals surface area contributed by atoms with E-state index in [1.807, 2.05) is 18.2 Å². The van der Waals surface area contributed by atoms with Crippen molar-refractivity contribution in [3.05, 3.63) is 70.1 Å². The SMILES string of the molecule is Cc1cc(C(N)Cc2csc3ccccc23)c(F)cc1F. The number of nitrogens with two attached hydrogens (primary N) is 1. The van der Waals surface area contributed by atoms with Gasteiger partial charge in [-0.15, -0.1) is 11.3 Å². The second-order valence-electron chi connectivity index (χ2n) is 5.19. The summed E-state index contributed by atoms with van der Waals surface area (Å²) in [5.74, 6) is -1.12. The number of thiophene rings is 1. The van der Waals surface area contributed by atoms with Crippen molar-refractivity contribution >= 4 is 21.4 Å². The molecule has 108 valence electrons. The molecule has 0 saturated heterocycles. The first-order valence-electron chi connectivity index (χ1n) is 6.72. The summed E-state index contributed by atoms with van der Waals surface area (Å²) in [7, 11) is 0. The Morgan fingerprint density at radius 2 is 1.90 bits per heavy atom. The molecular formula is C17H15F2NS. The van der Waals surface area contributed by atoms with Crippen molar-refractivity contribution < 1.29 is 8.78 Å². The summed E-state index contributed by atoms with van der Waals surface area (Å²) in [6, 6.07) is 10.00. The maximum atomic E-state index is 13.9. The Labute approximate surface area is 126 Å². The lowest BCUT2D eigenvalue weighted by molar-refractivity contribution is 0.550. The smallest absolute Gasteiger partial charge is 0.130 e. The highest BCUT2D eigenvalue weighted by Crippen LogP contribution is 2.30. The van der Waals surface area contributed by atoms with Crippen LogP contribution in [0.2, 0.25) is 0 Å². The predicted octanol–water partition coefficient (Wildman–Crippen LogP) is 4.73. The Kier molecular flexibility index (Phi) is 3.74. The van der Waals surface area contributed by atoms with Gasteiger partial charge in [-0.3, -0.25) is 0 Å². The van der Waals surface area contributed by atoms with Crippen LogP contribution in [0.15, 0.2) is 41.8 Å². The van der Waals surface area contributed by atoms with E-state index in [9.17, 15) is 8.78 Å². The number of aryl methyl sites for hydroxylation is 1. The van der Waals surface area contributed by atoms with Gasteiger partial charge in [-0.05, 0) is 47.4 Å². The molecule has 0 fully saturated rings. The first-order chi connectivity index (χ1) is 10.1. The summed E-state index contributed by atoms with van der Waals surface area (Å²) >= 11 is 1.65. The summed E-state index contributed by atoms with van der Waals surface area (Å²) in [4.78, 5) is 0. The highest BCUT2D eigenvalue weighted by atomic mass is 32.1. The third-order valence-corrected chi connectivity index (χ3v) is 4.69. The minimum atomic E-state index is -0.579. The zero-order valence-electron chi connectivity index (χ0n) is 11.6. The molecule has 1 nitrogen and oxygen atoms in total. The summed E-state index contributed by atoms with van der Waals surface area (Å²) < 4.78 is 28.4. The summed E-state index contributed by atoms with van der Waals surface area (Å²) in [5.41, 5.74) is 8.02. The lowest BCUT2D eigenvalue weighted by Gasteiger charge is -2.14. The van der Waals surface area contributed by atoms with Gasteiger partial charge < -0.3 is 5.73 Å². The quantitative estimate of drug-likeness (QED) is 0.743. The van der Waals surface area contributed by atoms with Gasteiger partial charge in [0.25, 0.3) is 0 Å². The predicted molar refractivity (Wildman–Crippen MR) is 83.6 cm³/mol. The molecule has 1 aromatic heterocycles. The average molecular weight is 303 g/mol. The molecule has 2 aromatic carbocycles. The molecule has 0 aliphatic rings. The molecular weight excluding hydrogens is 288 g/mol. The van der Waals surface area contributed by atoms with E-state index >= 15 is 0 Å². The first kappa shape index (κ1) is 14.2. The fourth-order valence-corrected chi connectivity index (χ4v) is 3.48. The maximum Gasteiger partial charge on any atom is 0.130 e. The van der Waals surface area contributed by atoms with Crippen LogP contribution in [0.25, 0.3) is 10.1 Å². The number of rotatable bonds is 3. The Balaban J connectivity index is 1.93. The van der Waals surface area contributed by atoms with Crippen LogP contribution in [0.4, 0.5) is 8.78 Å². The van der Waals surface area contributed by atoms with Gasteiger partial charge in [-0.1, -0.05) is 18.2 Å². The Hall–Kier alpha value is -1.78. The molecule has 3 rings (SSSR count). The molecule has 1 atom stereocenters. The number of fused-ring (bicyclic) bond motifs is 1. The van der Waals surface area contributed by atoms with E-state index in [-0.39, 0.29) is 0 Å². The number of halogens is 2. The second-order valence-corrected chi connectivity index (χ2v) is 6.10. The molecule has 0 spiro atoms. The maximum absolute atomic E-state index is 13.9. The van der Waals surface area contributed by atoms with Gasteiger partial charge in [0.15, 0.2) is 0 Å². The van der Waals surface area contributed by atoms with E-state index in [0.29, 0.717) is 17.5 Å². The Morgan fingerprint density at radius 3 is 2.71 bits per heavy atom.